The van der Waals surface area contributed by atoms with Gasteiger partial charge in [-0.15, -0.1) is 10.2 Å². The number of rotatable bonds is 3. The fourth-order valence-corrected chi connectivity index (χ4v) is 2.29. The zero-order valence-electron chi connectivity index (χ0n) is 11.5. The van der Waals surface area contributed by atoms with Crippen molar-refractivity contribution in [3.63, 3.8) is 0 Å². The molecule has 1 unspecified atom stereocenters. The monoisotopic (exact) mass is 303 g/mol. The summed E-state index contributed by atoms with van der Waals surface area (Å²) in [4.78, 5) is 14.1. The topological polar surface area (TPSA) is 75.3 Å². The summed E-state index contributed by atoms with van der Waals surface area (Å²) in [5.74, 6) is -0.143. The van der Waals surface area contributed by atoms with Crippen LogP contribution in [0.15, 0.2) is 12.1 Å². The van der Waals surface area contributed by atoms with E-state index in [1.165, 1.54) is 11.0 Å². The van der Waals surface area contributed by atoms with Crippen molar-refractivity contribution in [3.8, 4) is 0 Å². The first-order valence-electron chi connectivity index (χ1n) is 6.45. The van der Waals surface area contributed by atoms with Gasteiger partial charge in [0.15, 0.2) is 11.5 Å². The van der Waals surface area contributed by atoms with Gasteiger partial charge in [0.25, 0.3) is 5.91 Å². The average Bonchev–Trinajstić information content (AvgIpc) is 2.40. The number of nitrogens with zero attached hydrogens (tertiary/aromatic N) is 4. The number of nitrogens with two attached hydrogens (primary N) is 1. The van der Waals surface area contributed by atoms with Crippen LogP contribution >= 0.6 is 0 Å². The Labute approximate surface area is 119 Å². The third-order valence-electron chi connectivity index (χ3n) is 3.37. The van der Waals surface area contributed by atoms with E-state index in [1.807, 2.05) is 4.90 Å². The minimum Gasteiger partial charge on any atom is -0.364 e. The molecule has 21 heavy (non-hydrogen) atoms. The van der Waals surface area contributed by atoms with Crippen LogP contribution in [0.2, 0.25) is 0 Å². The van der Waals surface area contributed by atoms with E-state index < -0.39 is 18.6 Å². The molecule has 1 fully saturated rings. The highest BCUT2D eigenvalue weighted by Gasteiger charge is 2.35. The number of primary amides is 1. The molecule has 0 aromatic carbocycles. The number of hydrogen-bond donors (Lipinski definition) is 1. The molecule has 1 atom stereocenters. The summed E-state index contributed by atoms with van der Waals surface area (Å²) in [6.45, 7) is 1.96. The van der Waals surface area contributed by atoms with E-state index in [9.17, 15) is 18.0 Å². The normalized spacial score (nSPS) is 20.6. The van der Waals surface area contributed by atoms with Crippen molar-refractivity contribution in [1.82, 2.24) is 15.1 Å². The number of alkyl halides is 3. The number of halogens is 3. The summed E-state index contributed by atoms with van der Waals surface area (Å²) in [6, 6.07) is 2.80. The maximum atomic E-state index is 12.4. The predicted molar refractivity (Wildman–Crippen MR) is 69.9 cm³/mol. The van der Waals surface area contributed by atoms with Crippen molar-refractivity contribution >= 4 is 11.7 Å². The van der Waals surface area contributed by atoms with Gasteiger partial charge in [0, 0.05) is 25.7 Å². The Morgan fingerprint density at radius 1 is 1.38 bits per heavy atom. The molecule has 1 aromatic rings. The molecule has 1 saturated heterocycles. The molecule has 1 aliphatic heterocycles. The smallest absolute Gasteiger partial charge is 0.364 e. The van der Waals surface area contributed by atoms with Crippen LogP contribution in [-0.4, -0.2) is 59.4 Å². The molecule has 2 N–H and O–H groups in total. The third kappa shape index (κ3) is 4.03. The molecule has 2 heterocycles. The summed E-state index contributed by atoms with van der Waals surface area (Å²) >= 11 is 0. The molecule has 1 aliphatic rings. The summed E-state index contributed by atoms with van der Waals surface area (Å²) in [7, 11) is 0. The van der Waals surface area contributed by atoms with E-state index in [2.05, 4.69) is 10.2 Å². The van der Waals surface area contributed by atoms with Crippen molar-refractivity contribution in [2.75, 3.05) is 31.1 Å². The van der Waals surface area contributed by atoms with Crippen molar-refractivity contribution < 1.29 is 18.0 Å². The Bertz CT molecular complexity index is 505. The molecule has 9 heteroatoms. The zero-order valence-corrected chi connectivity index (χ0v) is 11.5. The standard InChI is InChI=1S/C12H16F3N5O/c1-8-6-19(4-5-20(8)7-12(13,14)15)10-3-2-9(11(16)21)17-18-10/h2-3,8H,4-7H2,1H3,(H2,16,21). The van der Waals surface area contributed by atoms with Crippen LogP contribution in [0.4, 0.5) is 19.0 Å². The fourth-order valence-electron chi connectivity index (χ4n) is 2.29. The lowest BCUT2D eigenvalue weighted by Crippen LogP contribution is -2.54. The Morgan fingerprint density at radius 2 is 2.10 bits per heavy atom. The van der Waals surface area contributed by atoms with Gasteiger partial charge in [0.05, 0.1) is 6.54 Å². The van der Waals surface area contributed by atoms with Gasteiger partial charge in [-0.05, 0) is 19.1 Å². The molecule has 1 aromatic heterocycles. The summed E-state index contributed by atoms with van der Waals surface area (Å²) in [6.07, 6.45) is -4.20. The molecule has 0 saturated carbocycles. The SMILES string of the molecule is CC1CN(c2ccc(C(N)=O)nn2)CCN1CC(F)(F)F. The van der Waals surface area contributed by atoms with Gasteiger partial charge in [-0.1, -0.05) is 0 Å². The number of aromatic nitrogens is 2. The van der Waals surface area contributed by atoms with Gasteiger partial charge >= 0.3 is 6.18 Å². The van der Waals surface area contributed by atoms with Crippen molar-refractivity contribution in [1.29, 1.82) is 0 Å². The number of hydrogen-bond acceptors (Lipinski definition) is 5. The molecular formula is C12H16F3N5O. The molecule has 0 spiro atoms. The van der Waals surface area contributed by atoms with Gasteiger partial charge in [-0.3, -0.25) is 9.69 Å². The highest BCUT2D eigenvalue weighted by molar-refractivity contribution is 5.90. The Hall–Kier alpha value is -1.90. The highest BCUT2D eigenvalue weighted by atomic mass is 19.4. The second-order valence-corrected chi connectivity index (χ2v) is 5.02. The van der Waals surface area contributed by atoms with Crippen LogP contribution < -0.4 is 10.6 Å². The van der Waals surface area contributed by atoms with Crippen LogP contribution in [0.25, 0.3) is 0 Å². The van der Waals surface area contributed by atoms with Gasteiger partial charge < -0.3 is 10.6 Å². The number of anilines is 1. The van der Waals surface area contributed by atoms with Gasteiger partial charge in [0.1, 0.15) is 0 Å². The Morgan fingerprint density at radius 3 is 2.57 bits per heavy atom. The summed E-state index contributed by atoms with van der Waals surface area (Å²) in [5.41, 5.74) is 5.13. The van der Waals surface area contributed by atoms with Gasteiger partial charge in [-0.25, -0.2) is 0 Å². The summed E-state index contributed by atoms with van der Waals surface area (Å²) in [5, 5.41) is 7.59. The van der Waals surface area contributed by atoms with Gasteiger partial charge in [-0.2, -0.15) is 13.2 Å². The molecule has 6 nitrogen and oxygen atoms in total. The van der Waals surface area contributed by atoms with Gasteiger partial charge in [0.2, 0.25) is 0 Å². The maximum absolute atomic E-state index is 12.4. The summed E-state index contributed by atoms with van der Waals surface area (Å²) < 4.78 is 37.3. The van der Waals surface area contributed by atoms with Crippen LogP contribution in [0.1, 0.15) is 17.4 Å². The molecule has 1 amide bonds. The Kier molecular flexibility index (Phi) is 4.31. The maximum Gasteiger partial charge on any atom is 0.401 e. The first-order valence-corrected chi connectivity index (χ1v) is 6.45. The van der Waals surface area contributed by atoms with E-state index in [4.69, 9.17) is 5.73 Å². The Balaban J connectivity index is 2.00. The highest BCUT2D eigenvalue weighted by Crippen LogP contribution is 2.22. The van der Waals surface area contributed by atoms with Crippen molar-refractivity contribution in [2.45, 2.75) is 19.1 Å². The lowest BCUT2D eigenvalue weighted by molar-refractivity contribution is -0.150. The van der Waals surface area contributed by atoms with Crippen LogP contribution in [0, 0.1) is 0 Å². The van der Waals surface area contributed by atoms with Crippen LogP contribution in [0.3, 0.4) is 0 Å². The fraction of sp³-hybridized carbons (Fsp3) is 0.583. The van der Waals surface area contributed by atoms with Crippen molar-refractivity contribution in [2.24, 2.45) is 5.73 Å². The first kappa shape index (κ1) is 15.5. The molecule has 116 valence electrons. The second kappa shape index (κ2) is 5.84. The van der Waals surface area contributed by atoms with E-state index in [-0.39, 0.29) is 11.7 Å². The van der Waals surface area contributed by atoms with Crippen LogP contribution in [0.5, 0.6) is 0 Å². The number of carbonyl (C=O) groups excluding carboxylic acids is 1. The number of amides is 1. The molecule has 0 radical (unpaired) electrons. The lowest BCUT2D eigenvalue weighted by atomic mass is 10.2. The van der Waals surface area contributed by atoms with Crippen molar-refractivity contribution in [3.05, 3.63) is 17.8 Å². The number of carbonyl (C=O) groups is 1. The zero-order chi connectivity index (χ0) is 15.6. The van der Waals surface area contributed by atoms with E-state index in [0.29, 0.717) is 25.5 Å². The second-order valence-electron chi connectivity index (χ2n) is 5.02. The van der Waals surface area contributed by atoms with E-state index in [1.54, 1.807) is 13.0 Å². The lowest BCUT2D eigenvalue weighted by Gasteiger charge is -2.40. The largest absolute Gasteiger partial charge is 0.401 e. The van der Waals surface area contributed by atoms with E-state index >= 15 is 0 Å². The molecule has 0 aliphatic carbocycles. The minimum absolute atomic E-state index is 0.0579. The quantitative estimate of drug-likeness (QED) is 0.887. The van der Waals surface area contributed by atoms with E-state index in [0.717, 1.165) is 0 Å². The third-order valence-corrected chi connectivity index (χ3v) is 3.37. The molecule has 2 rings (SSSR count). The first-order chi connectivity index (χ1) is 9.76. The number of piperazine rings is 1. The average molecular weight is 303 g/mol. The van der Waals surface area contributed by atoms with Crippen LogP contribution in [-0.2, 0) is 0 Å². The minimum atomic E-state index is -4.20. The molecular weight excluding hydrogens is 287 g/mol. The molecule has 0 bridgehead atoms. The predicted octanol–water partition coefficient (Wildman–Crippen LogP) is 0.648.